The van der Waals surface area contributed by atoms with Gasteiger partial charge >= 0.3 is 0 Å². The van der Waals surface area contributed by atoms with Crippen molar-refractivity contribution in [1.29, 1.82) is 0 Å². The van der Waals surface area contributed by atoms with Crippen molar-refractivity contribution in [3.8, 4) is 16.9 Å². The molecule has 0 aliphatic rings. The number of nitrogens with one attached hydrogen (secondary N) is 1. The lowest BCUT2D eigenvalue weighted by molar-refractivity contribution is 0.0717. The smallest absolute Gasteiger partial charge is 0.282 e. The molecule has 0 saturated heterocycles. The number of ketones is 1. The molecule has 6 nitrogen and oxygen atoms in total. The van der Waals surface area contributed by atoms with Crippen molar-refractivity contribution in [3.63, 3.8) is 0 Å². The maximum absolute atomic E-state index is 13.6. The van der Waals surface area contributed by atoms with Crippen LogP contribution in [0.4, 0.5) is 0 Å². The van der Waals surface area contributed by atoms with Gasteiger partial charge in [0.15, 0.2) is 5.78 Å². The van der Waals surface area contributed by atoms with E-state index in [9.17, 15) is 14.4 Å². The van der Waals surface area contributed by atoms with Crippen molar-refractivity contribution in [2.75, 3.05) is 13.1 Å². The first-order chi connectivity index (χ1) is 17.9. The van der Waals surface area contributed by atoms with Gasteiger partial charge in [0.2, 0.25) is 0 Å². The second kappa shape index (κ2) is 11.9. The third-order valence-corrected chi connectivity index (χ3v) is 6.59. The molecular formula is C30H30ClN3O3. The number of benzene rings is 3. The number of aryl methyl sites for hydroxylation is 1. The maximum Gasteiger partial charge on any atom is 0.282 e. The van der Waals surface area contributed by atoms with E-state index in [2.05, 4.69) is 12.0 Å². The fraction of sp³-hybridized carbons (Fsp3) is 0.233. The average Bonchev–Trinajstić information content (AvgIpc) is 3.28. The van der Waals surface area contributed by atoms with Crippen molar-refractivity contribution in [2.45, 2.75) is 33.1 Å². The number of carbonyl (C=O) groups excluding carboxylic acids is 2. The molecule has 1 N–H and O–H groups in total. The highest BCUT2D eigenvalue weighted by atomic mass is 35.5. The topological polar surface area (TPSA) is 75.2 Å². The summed E-state index contributed by atoms with van der Waals surface area (Å²) in [5, 5.41) is 3.64. The number of aromatic amines is 1. The first-order valence-electron chi connectivity index (χ1n) is 12.5. The van der Waals surface area contributed by atoms with Crippen molar-refractivity contribution in [2.24, 2.45) is 0 Å². The Morgan fingerprint density at radius 2 is 1.59 bits per heavy atom. The summed E-state index contributed by atoms with van der Waals surface area (Å²) in [6.45, 7) is 4.09. The molecule has 0 atom stereocenters. The van der Waals surface area contributed by atoms with Crippen LogP contribution in [0.2, 0.25) is 5.02 Å². The summed E-state index contributed by atoms with van der Waals surface area (Å²) in [6.07, 6.45) is 3.17. The minimum Gasteiger partial charge on any atom is -0.331 e. The van der Waals surface area contributed by atoms with E-state index in [0.29, 0.717) is 34.1 Å². The monoisotopic (exact) mass is 515 g/mol. The Labute approximate surface area is 221 Å². The number of hydrogen-bond acceptors (Lipinski definition) is 3. The number of aromatic nitrogens is 2. The lowest BCUT2D eigenvalue weighted by atomic mass is 10.0. The fourth-order valence-electron chi connectivity index (χ4n) is 4.24. The molecule has 0 spiro atoms. The van der Waals surface area contributed by atoms with Crippen LogP contribution in [0.25, 0.3) is 16.9 Å². The summed E-state index contributed by atoms with van der Waals surface area (Å²) in [4.78, 5) is 41.8. The molecule has 7 heteroatoms. The molecule has 1 heterocycles. The number of hydrogen-bond donors (Lipinski definition) is 1. The first kappa shape index (κ1) is 26.2. The van der Waals surface area contributed by atoms with Crippen LogP contribution in [-0.2, 0) is 6.42 Å². The van der Waals surface area contributed by atoms with E-state index < -0.39 is 11.3 Å². The molecule has 190 valence electrons. The summed E-state index contributed by atoms with van der Waals surface area (Å²) >= 11 is 6.02. The fourth-order valence-corrected chi connectivity index (χ4v) is 4.36. The van der Waals surface area contributed by atoms with Crippen LogP contribution >= 0.6 is 11.6 Å². The molecule has 0 aliphatic heterocycles. The summed E-state index contributed by atoms with van der Waals surface area (Å²) < 4.78 is 1.33. The van der Waals surface area contributed by atoms with E-state index in [-0.39, 0.29) is 18.0 Å². The lowest BCUT2D eigenvalue weighted by Gasteiger charge is -2.20. The summed E-state index contributed by atoms with van der Waals surface area (Å²) in [6, 6.07) is 23.5. The van der Waals surface area contributed by atoms with Crippen LogP contribution in [0.5, 0.6) is 0 Å². The highest BCUT2D eigenvalue weighted by Gasteiger charge is 2.26. The van der Waals surface area contributed by atoms with Crippen LogP contribution in [0.15, 0.2) is 83.7 Å². The SMILES string of the molecule is CCCCc1ccc(C(=O)N(CC)CC(=O)c2c(-c3ccccc3)[nH]n(-c3ccc(Cl)cc3)c2=O)cc1. The van der Waals surface area contributed by atoms with Gasteiger partial charge in [-0.05, 0) is 61.7 Å². The molecule has 0 aliphatic carbocycles. The number of halogens is 1. The van der Waals surface area contributed by atoms with Gasteiger partial charge in [0.1, 0.15) is 5.56 Å². The van der Waals surface area contributed by atoms with E-state index in [1.807, 2.05) is 49.4 Å². The minimum absolute atomic E-state index is 0.0160. The number of carbonyl (C=O) groups is 2. The molecule has 0 saturated carbocycles. The normalized spacial score (nSPS) is 10.9. The van der Waals surface area contributed by atoms with E-state index in [1.54, 1.807) is 36.4 Å². The van der Waals surface area contributed by atoms with Gasteiger partial charge in [-0.25, -0.2) is 4.68 Å². The van der Waals surface area contributed by atoms with Gasteiger partial charge in [0.05, 0.1) is 17.9 Å². The second-order valence-electron chi connectivity index (χ2n) is 8.89. The standard InChI is InChI=1S/C30H30ClN3O3/c1-3-5-9-21-12-14-23(15-13-21)29(36)33(4-2)20-26(35)27-28(22-10-7-6-8-11-22)32-34(30(27)37)25-18-16-24(31)17-19-25/h6-8,10-19,32H,3-5,9,20H2,1-2H3. The van der Waals surface area contributed by atoms with Gasteiger partial charge in [0.25, 0.3) is 11.5 Å². The molecule has 0 unspecified atom stereocenters. The average molecular weight is 516 g/mol. The molecule has 1 aromatic heterocycles. The molecule has 0 fully saturated rings. The zero-order valence-corrected chi connectivity index (χ0v) is 21.8. The molecule has 0 radical (unpaired) electrons. The third-order valence-electron chi connectivity index (χ3n) is 6.34. The van der Waals surface area contributed by atoms with Gasteiger partial charge in [-0.3, -0.25) is 19.5 Å². The highest BCUT2D eigenvalue weighted by molar-refractivity contribution is 6.30. The predicted molar refractivity (Wildman–Crippen MR) is 148 cm³/mol. The van der Waals surface area contributed by atoms with Crippen molar-refractivity contribution in [3.05, 3.63) is 111 Å². The molecule has 1 amide bonds. The van der Waals surface area contributed by atoms with Gasteiger partial charge in [-0.1, -0.05) is 67.4 Å². The minimum atomic E-state index is -0.477. The Bertz CT molecular complexity index is 1420. The summed E-state index contributed by atoms with van der Waals surface area (Å²) in [7, 11) is 0. The Hall–Kier alpha value is -3.90. The third kappa shape index (κ3) is 5.92. The van der Waals surface area contributed by atoms with E-state index in [4.69, 9.17) is 11.6 Å². The zero-order chi connectivity index (χ0) is 26.4. The Morgan fingerprint density at radius 1 is 0.919 bits per heavy atom. The largest absolute Gasteiger partial charge is 0.331 e. The maximum atomic E-state index is 13.6. The lowest BCUT2D eigenvalue weighted by Crippen LogP contribution is -2.37. The zero-order valence-electron chi connectivity index (χ0n) is 21.0. The van der Waals surface area contributed by atoms with E-state index in [1.165, 1.54) is 15.1 Å². The van der Waals surface area contributed by atoms with Gasteiger partial charge in [-0.2, -0.15) is 0 Å². The Balaban J connectivity index is 1.65. The van der Waals surface area contributed by atoms with Gasteiger partial charge in [-0.15, -0.1) is 0 Å². The first-order valence-corrected chi connectivity index (χ1v) is 12.9. The van der Waals surface area contributed by atoms with E-state index >= 15 is 0 Å². The van der Waals surface area contributed by atoms with Crippen molar-refractivity contribution >= 4 is 23.3 Å². The van der Waals surface area contributed by atoms with Crippen LogP contribution in [0, 0.1) is 0 Å². The summed E-state index contributed by atoms with van der Waals surface area (Å²) in [5.41, 5.74) is 2.91. The van der Waals surface area contributed by atoms with Crippen molar-refractivity contribution < 1.29 is 9.59 Å². The molecule has 0 bridgehead atoms. The number of H-pyrrole nitrogens is 1. The molecule has 3 aromatic carbocycles. The van der Waals surface area contributed by atoms with Crippen LogP contribution < -0.4 is 5.56 Å². The molecule has 4 rings (SSSR count). The van der Waals surface area contributed by atoms with Gasteiger partial charge in [0, 0.05) is 22.7 Å². The van der Waals surface area contributed by atoms with Crippen LogP contribution in [0.1, 0.15) is 53.0 Å². The number of amides is 1. The number of nitrogens with zero attached hydrogens (tertiary/aromatic N) is 2. The molecular weight excluding hydrogens is 486 g/mol. The quantitative estimate of drug-likeness (QED) is 0.256. The molecule has 37 heavy (non-hydrogen) atoms. The number of unbranched alkanes of at least 4 members (excludes halogenated alkanes) is 1. The Morgan fingerprint density at radius 3 is 2.22 bits per heavy atom. The molecule has 4 aromatic rings. The van der Waals surface area contributed by atoms with Crippen LogP contribution in [0.3, 0.4) is 0 Å². The van der Waals surface area contributed by atoms with Crippen LogP contribution in [-0.4, -0.2) is 39.5 Å². The number of likely N-dealkylation sites (N-methyl/N-ethyl adjacent to an activating group) is 1. The highest BCUT2D eigenvalue weighted by Crippen LogP contribution is 2.22. The van der Waals surface area contributed by atoms with E-state index in [0.717, 1.165) is 19.3 Å². The predicted octanol–water partition coefficient (Wildman–Crippen LogP) is 6.17. The summed E-state index contributed by atoms with van der Waals surface area (Å²) in [5.74, 6) is -0.671. The number of Topliss-reactive ketones (excluding diaryl/α,β-unsaturated/α-hetero) is 1. The number of rotatable bonds is 10. The Kier molecular flexibility index (Phi) is 8.41. The van der Waals surface area contributed by atoms with Gasteiger partial charge < -0.3 is 4.90 Å². The van der Waals surface area contributed by atoms with Crippen molar-refractivity contribution in [1.82, 2.24) is 14.7 Å². The second-order valence-corrected chi connectivity index (χ2v) is 9.32.